The highest BCUT2D eigenvalue weighted by Gasteiger charge is 2.06. The molecular weight excluding hydrogens is 306 g/mol. The van der Waals surface area contributed by atoms with Crippen molar-refractivity contribution in [3.8, 4) is 0 Å². The number of imidazole rings is 1. The molecule has 1 aromatic carbocycles. The minimum atomic E-state index is 0.757. The number of aryl methyl sites for hydroxylation is 2. The molecule has 1 aromatic heterocycles. The second-order valence-corrected chi connectivity index (χ2v) is 5.30. The highest BCUT2D eigenvalue weighted by Crippen LogP contribution is 2.20. The molecule has 1 N–H and O–H groups in total. The van der Waals surface area contributed by atoms with Crippen LogP contribution in [0.3, 0.4) is 0 Å². The van der Waals surface area contributed by atoms with Gasteiger partial charge in [0.1, 0.15) is 0 Å². The Labute approximate surface area is 121 Å². The van der Waals surface area contributed by atoms with Crippen molar-refractivity contribution in [1.82, 2.24) is 9.55 Å². The molecule has 2 rings (SSSR count). The summed E-state index contributed by atoms with van der Waals surface area (Å²) >= 11 is 3.47. The second kappa shape index (κ2) is 6.73. The molecule has 0 aliphatic rings. The van der Waals surface area contributed by atoms with Gasteiger partial charge in [-0.1, -0.05) is 22.0 Å². The number of hydrogen-bond acceptors (Lipinski definition) is 3. The number of aromatic nitrogens is 2. The molecule has 19 heavy (non-hydrogen) atoms. The van der Waals surface area contributed by atoms with Crippen LogP contribution in [0.2, 0.25) is 0 Å². The molecule has 0 aliphatic heterocycles. The number of nitrogens with zero attached hydrogens (tertiary/aromatic N) is 2. The van der Waals surface area contributed by atoms with Crippen molar-refractivity contribution in [3.05, 3.63) is 40.6 Å². The van der Waals surface area contributed by atoms with Crippen LogP contribution in [0.5, 0.6) is 0 Å². The van der Waals surface area contributed by atoms with Gasteiger partial charge in [0.2, 0.25) is 5.95 Å². The molecule has 0 spiro atoms. The number of nitrogens with one attached hydrogen (secondary N) is 1. The van der Waals surface area contributed by atoms with Gasteiger partial charge in [-0.2, -0.15) is 0 Å². The summed E-state index contributed by atoms with van der Waals surface area (Å²) in [4.78, 5) is 4.51. The van der Waals surface area contributed by atoms with Gasteiger partial charge in [0.15, 0.2) is 0 Å². The smallest absolute Gasteiger partial charge is 0.207 e. The van der Waals surface area contributed by atoms with Crippen LogP contribution in [0, 0.1) is 6.92 Å². The van der Waals surface area contributed by atoms with Gasteiger partial charge in [-0.15, -0.1) is 0 Å². The first-order chi connectivity index (χ1) is 9.19. The van der Waals surface area contributed by atoms with Gasteiger partial charge in [0, 0.05) is 36.6 Å². The number of ether oxygens (including phenoxy) is 1. The van der Waals surface area contributed by atoms with Crippen LogP contribution in [0.4, 0.5) is 11.6 Å². The van der Waals surface area contributed by atoms with E-state index in [1.807, 2.05) is 31.2 Å². The van der Waals surface area contributed by atoms with E-state index in [4.69, 9.17) is 4.74 Å². The Bertz CT molecular complexity index is 539. The third-order valence-electron chi connectivity index (χ3n) is 2.73. The number of methoxy groups -OCH3 is 1. The maximum absolute atomic E-state index is 5.08. The molecule has 0 amide bonds. The van der Waals surface area contributed by atoms with E-state index in [1.54, 1.807) is 7.11 Å². The number of halogens is 1. The average Bonchev–Trinajstić information content (AvgIpc) is 2.70. The lowest BCUT2D eigenvalue weighted by Gasteiger charge is -2.09. The fourth-order valence-corrected chi connectivity index (χ4v) is 2.29. The fraction of sp³-hybridized carbons (Fsp3) is 0.357. The SMILES string of the molecule is COCCCn1cc(C)nc1Nc1cccc(Br)c1. The van der Waals surface area contributed by atoms with Crippen LogP contribution in [0.1, 0.15) is 12.1 Å². The summed E-state index contributed by atoms with van der Waals surface area (Å²) in [6, 6.07) is 8.05. The molecular formula is C14H18BrN3O. The maximum atomic E-state index is 5.08. The van der Waals surface area contributed by atoms with Crippen molar-refractivity contribution < 1.29 is 4.74 Å². The number of hydrogen-bond donors (Lipinski definition) is 1. The number of benzene rings is 1. The lowest BCUT2D eigenvalue weighted by molar-refractivity contribution is 0.190. The normalized spacial score (nSPS) is 10.7. The predicted octanol–water partition coefficient (Wildman–Crippen LogP) is 3.73. The highest BCUT2D eigenvalue weighted by atomic mass is 79.9. The molecule has 0 saturated carbocycles. The van der Waals surface area contributed by atoms with Crippen LogP contribution in [0.25, 0.3) is 0 Å². The Morgan fingerprint density at radius 3 is 3.00 bits per heavy atom. The van der Waals surface area contributed by atoms with Crippen molar-refractivity contribution in [2.75, 3.05) is 19.0 Å². The van der Waals surface area contributed by atoms with E-state index < -0.39 is 0 Å². The van der Waals surface area contributed by atoms with E-state index in [-0.39, 0.29) is 0 Å². The Hall–Kier alpha value is -1.33. The minimum Gasteiger partial charge on any atom is -0.385 e. The summed E-state index contributed by atoms with van der Waals surface area (Å²) in [7, 11) is 1.72. The quantitative estimate of drug-likeness (QED) is 0.823. The summed E-state index contributed by atoms with van der Waals surface area (Å²) in [5, 5.41) is 3.34. The third kappa shape index (κ3) is 4.08. The third-order valence-corrected chi connectivity index (χ3v) is 3.22. The van der Waals surface area contributed by atoms with E-state index in [0.717, 1.165) is 41.4 Å². The molecule has 0 bridgehead atoms. The molecule has 0 unspecified atom stereocenters. The second-order valence-electron chi connectivity index (χ2n) is 4.38. The Balaban J connectivity index is 2.10. The summed E-state index contributed by atoms with van der Waals surface area (Å²) < 4.78 is 8.25. The topological polar surface area (TPSA) is 39.1 Å². The molecule has 0 fully saturated rings. The lowest BCUT2D eigenvalue weighted by atomic mass is 10.3. The van der Waals surface area contributed by atoms with E-state index in [0.29, 0.717) is 0 Å². The predicted molar refractivity (Wildman–Crippen MR) is 80.9 cm³/mol. The summed E-state index contributed by atoms with van der Waals surface area (Å²) in [5.74, 6) is 0.867. The highest BCUT2D eigenvalue weighted by molar-refractivity contribution is 9.10. The van der Waals surface area contributed by atoms with E-state index in [2.05, 4.69) is 37.0 Å². The van der Waals surface area contributed by atoms with Gasteiger partial charge in [0.25, 0.3) is 0 Å². The molecule has 0 atom stereocenters. The van der Waals surface area contributed by atoms with Crippen molar-refractivity contribution in [1.29, 1.82) is 0 Å². The van der Waals surface area contributed by atoms with Gasteiger partial charge in [0.05, 0.1) is 5.69 Å². The molecule has 5 heteroatoms. The van der Waals surface area contributed by atoms with Crippen LogP contribution in [0.15, 0.2) is 34.9 Å². The Morgan fingerprint density at radius 2 is 2.26 bits per heavy atom. The van der Waals surface area contributed by atoms with Gasteiger partial charge in [-0.05, 0) is 31.5 Å². The van der Waals surface area contributed by atoms with E-state index in [9.17, 15) is 0 Å². The largest absolute Gasteiger partial charge is 0.385 e. The standard InChI is InChI=1S/C14H18BrN3O/c1-11-10-18(7-4-8-19-2)14(16-11)17-13-6-3-5-12(15)9-13/h3,5-6,9-10H,4,7-8H2,1-2H3,(H,16,17). The summed E-state index contributed by atoms with van der Waals surface area (Å²) in [5.41, 5.74) is 2.03. The van der Waals surface area contributed by atoms with E-state index in [1.165, 1.54) is 0 Å². The molecule has 1 heterocycles. The van der Waals surface area contributed by atoms with Crippen LogP contribution in [-0.2, 0) is 11.3 Å². The maximum Gasteiger partial charge on any atom is 0.207 e. The monoisotopic (exact) mass is 323 g/mol. The fourth-order valence-electron chi connectivity index (χ4n) is 1.89. The zero-order valence-corrected chi connectivity index (χ0v) is 12.8. The molecule has 102 valence electrons. The first kappa shape index (κ1) is 14.1. The number of anilines is 2. The van der Waals surface area contributed by atoms with Crippen molar-refractivity contribution in [3.63, 3.8) is 0 Å². The first-order valence-corrected chi connectivity index (χ1v) is 7.03. The van der Waals surface area contributed by atoms with Crippen LogP contribution < -0.4 is 5.32 Å². The zero-order chi connectivity index (χ0) is 13.7. The van der Waals surface area contributed by atoms with Gasteiger partial charge < -0.3 is 14.6 Å². The van der Waals surface area contributed by atoms with Crippen LogP contribution in [-0.4, -0.2) is 23.3 Å². The zero-order valence-electron chi connectivity index (χ0n) is 11.2. The Morgan fingerprint density at radius 1 is 1.42 bits per heavy atom. The number of rotatable bonds is 6. The molecule has 0 aliphatic carbocycles. The van der Waals surface area contributed by atoms with Crippen LogP contribution >= 0.6 is 15.9 Å². The van der Waals surface area contributed by atoms with Crippen molar-refractivity contribution >= 4 is 27.6 Å². The molecule has 0 radical (unpaired) electrons. The van der Waals surface area contributed by atoms with Crippen molar-refractivity contribution in [2.24, 2.45) is 0 Å². The lowest BCUT2D eigenvalue weighted by Crippen LogP contribution is -2.05. The Kier molecular flexibility index (Phi) is 4.99. The molecule has 2 aromatic rings. The van der Waals surface area contributed by atoms with Gasteiger partial charge >= 0.3 is 0 Å². The van der Waals surface area contributed by atoms with Crippen molar-refractivity contribution in [2.45, 2.75) is 19.9 Å². The molecule has 4 nitrogen and oxygen atoms in total. The summed E-state index contributed by atoms with van der Waals surface area (Å²) in [6.07, 6.45) is 3.02. The first-order valence-electron chi connectivity index (χ1n) is 6.24. The minimum absolute atomic E-state index is 0.757. The van der Waals surface area contributed by atoms with Gasteiger partial charge in [-0.25, -0.2) is 4.98 Å². The van der Waals surface area contributed by atoms with E-state index >= 15 is 0 Å². The van der Waals surface area contributed by atoms with Gasteiger partial charge in [-0.3, -0.25) is 0 Å². The molecule has 0 saturated heterocycles. The average molecular weight is 324 g/mol. The summed E-state index contributed by atoms with van der Waals surface area (Å²) in [6.45, 7) is 3.65.